The molecule has 1 aromatic heterocycles. The summed E-state index contributed by atoms with van der Waals surface area (Å²) in [6, 6.07) is 20.4. The Morgan fingerprint density at radius 2 is 1.77 bits per heavy atom. The lowest BCUT2D eigenvalue weighted by molar-refractivity contribution is 0.146. The summed E-state index contributed by atoms with van der Waals surface area (Å²) in [4.78, 5) is 0. The molecule has 2 atom stereocenters. The highest BCUT2D eigenvalue weighted by atomic mass is 16.3. The van der Waals surface area contributed by atoms with Gasteiger partial charge in [0, 0.05) is 49.4 Å². The van der Waals surface area contributed by atoms with Gasteiger partial charge in [-0.15, -0.1) is 0 Å². The van der Waals surface area contributed by atoms with E-state index < -0.39 is 0 Å². The normalized spacial score (nSPS) is 19.7. The Morgan fingerprint density at radius 1 is 1.04 bits per heavy atom. The highest BCUT2D eigenvalue weighted by Gasteiger charge is 2.24. The fraction of sp³-hybridized carbons (Fsp3) is 0.286. The van der Waals surface area contributed by atoms with Gasteiger partial charge in [-0.1, -0.05) is 48.5 Å². The van der Waals surface area contributed by atoms with E-state index in [1.165, 1.54) is 0 Å². The molecule has 2 aromatic carbocycles. The van der Waals surface area contributed by atoms with E-state index in [4.69, 9.17) is 5.10 Å². The van der Waals surface area contributed by atoms with Crippen molar-refractivity contribution < 1.29 is 5.11 Å². The SMILES string of the molecule is OC1CNCC1CNCc1cn(-c2ccccc2)nc1-c1ccccc1. The van der Waals surface area contributed by atoms with Gasteiger partial charge in [-0.05, 0) is 12.1 Å². The molecule has 1 saturated heterocycles. The molecule has 2 heterocycles. The van der Waals surface area contributed by atoms with Crippen LogP contribution in [0.3, 0.4) is 0 Å². The van der Waals surface area contributed by atoms with Gasteiger partial charge >= 0.3 is 0 Å². The van der Waals surface area contributed by atoms with Crippen molar-refractivity contribution in [3.8, 4) is 16.9 Å². The van der Waals surface area contributed by atoms with E-state index in [2.05, 4.69) is 41.1 Å². The first-order valence-electron chi connectivity index (χ1n) is 9.10. The molecule has 2 unspecified atom stereocenters. The van der Waals surface area contributed by atoms with Gasteiger partial charge in [-0.2, -0.15) is 5.10 Å². The van der Waals surface area contributed by atoms with Crippen molar-refractivity contribution in [3.63, 3.8) is 0 Å². The molecule has 26 heavy (non-hydrogen) atoms. The Labute approximate surface area is 153 Å². The van der Waals surface area contributed by atoms with Crippen molar-refractivity contribution >= 4 is 0 Å². The highest BCUT2D eigenvalue weighted by Crippen LogP contribution is 2.23. The van der Waals surface area contributed by atoms with Crippen molar-refractivity contribution in [2.75, 3.05) is 19.6 Å². The van der Waals surface area contributed by atoms with E-state index in [1.54, 1.807) is 0 Å². The van der Waals surface area contributed by atoms with Gasteiger partial charge in [0.1, 0.15) is 0 Å². The van der Waals surface area contributed by atoms with Crippen molar-refractivity contribution in [1.29, 1.82) is 0 Å². The molecule has 4 rings (SSSR count). The predicted octanol–water partition coefficient (Wildman–Crippen LogP) is 2.21. The number of aromatic nitrogens is 2. The molecule has 0 amide bonds. The molecule has 1 aliphatic heterocycles. The van der Waals surface area contributed by atoms with E-state index >= 15 is 0 Å². The summed E-state index contributed by atoms with van der Waals surface area (Å²) in [6.45, 7) is 3.07. The molecule has 1 fully saturated rings. The van der Waals surface area contributed by atoms with Gasteiger partial charge in [0.25, 0.3) is 0 Å². The van der Waals surface area contributed by atoms with E-state index in [1.807, 2.05) is 41.1 Å². The Hall–Kier alpha value is -2.47. The minimum absolute atomic E-state index is 0.261. The Balaban J connectivity index is 1.56. The number of para-hydroxylation sites is 1. The molecule has 0 saturated carbocycles. The summed E-state index contributed by atoms with van der Waals surface area (Å²) >= 11 is 0. The third kappa shape index (κ3) is 3.70. The molecule has 5 heteroatoms. The van der Waals surface area contributed by atoms with E-state index in [0.29, 0.717) is 6.54 Å². The number of aliphatic hydroxyl groups excluding tert-OH is 1. The van der Waals surface area contributed by atoms with E-state index in [-0.39, 0.29) is 12.0 Å². The van der Waals surface area contributed by atoms with Crippen LogP contribution in [-0.4, -0.2) is 40.6 Å². The first kappa shape index (κ1) is 17.0. The van der Waals surface area contributed by atoms with Crippen molar-refractivity contribution in [2.24, 2.45) is 5.92 Å². The van der Waals surface area contributed by atoms with Crippen LogP contribution in [0.15, 0.2) is 66.9 Å². The second kappa shape index (κ2) is 7.83. The van der Waals surface area contributed by atoms with Crippen LogP contribution < -0.4 is 10.6 Å². The fourth-order valence-electron chi connectivity index (χ4n) is 3.41. The average Bonchev–Trinajstić information content (AvgIpc) is 3.30. The molecule has 0 spiro atoms. The zero-order chi connectivity index (χ0) is 17.8. The van der Waals surface area contributed by atoms with Crippen LogP contribution in [0.25, 0.3) is 16.9 Å². The monoisotopic (exact) mass is 348 g/mol. The predicted molar refractivity (Wildman–Crippen MR) is 103 cm³/mol. The van der Waals surface area contributed by atoms with Gasteiger partial charge in [0.05, 0.1) is 17.5 Å². The standard InChI is InChI=1S/C21H24N4O/c26-20-14-23-12-17(20)11-22-13-18-15-25(19-9-5-2-6-10-19)24-21(18)16-7-3-1-4-8-16/h1-10,15,17,20,22-23,26H,11-14H2. The molecular formula is C21H24N4O. The topological polar surface area (TPSA) is 62.1 Å². The highest BCUT2D eigenvalue weighted by molar-refractivity contribution is 5.63. The summed E-state index contributed by atoms with van der Waals surface area (Å²) in [5, 5.41) is 21.5. The minimum Gasteiger partial charge on any atom is -0.391 e. The summed E-state index contributed by atoms with van der Waals surface area (Å²) in [5.74, 6) is 0.263. The largest absolute Gasteiger partial charge is 0.391 e. The number of aliphatic hydroxyl groups is 1. The molecule has 0 aliphatic carbocycles. The maximum atomic E-state index is 9.95. The van der Waals surface area contributed by atoms with Crippen molar-refractivity contribution in [1.82, 2.24) is 20.4 Å². The lowest BCUT2D eigenvalue weighted by atomic mass is 10.1. The molecule has 0 bridgehead atoms. The van der Waals surface area contributed by atoms with Crippen LogP contribution in [0.5, 0.6) is 0 Å². The Bertz CT molecular complexity index is 832. The zero-order valence-corrected chi connectivity index (χ0v) is 14.7. The van der Waals surface area contributed by atoms with Gasteiger partial charge < -0.3 is 15.7 Å². The Kier molecular flexibility index (Phi) is 5.11. The third-order valence-electron chi connectivity index (χ3n) is 4.88. The maximum absolute atomic E-state index is 9.95. The summed E-state index contributed by atoms with van der Waals surface area (Å²) in [5.41, 5.74) is 4.31. The molecule has 0 radical (unpaired) electrons. The summed E-state index contributed by atoms with van der Waals surface area (Å²) in [6.07, 6.45) is 1.83. The fourth-order valence-corrected chi connectivity index (χ4v) is 3.41. The third-order valence-corrected chi connectivity index (χ3v) is 4.88. The molecule has 3 N–H and O–H groups in total. The van der Waals surface area contributed by atoms with Gasteiger partial charge in [-0.25, -0.2) is 4.68 Å². The quantitative estimate of drug-likeness (QED) is 0.639. The second-order valence-electron chi connectivity index (χ2n) is 6.77. The maximum Gasteiger partial charge on any atom is 0.0972 e. The minimum atomic E-state index is -0.261. The second-order valence-corrected chi connectivity index (χ2v) is 6.77. The number of nitrogens with zero attached hydrogens (tertiary/aromatic N) is 2. The summed E-state index contributed by atoms with van der Waals surface area (Å²) < 4.78 is 1.94. The number of benzene rings is 2. The Morgan fingerprint density at radius 3 is 2.46 bits per heavy atom. The van der Waals surface area contributed by atoms with Crippen LogP contribution in [-0.2, 0) is 6.54 Å². The van der Waals surface area contributed by atoms with Gasteiger partial charge in [0.2, 0.25) is 0 Å². The molecule has 1 aliphatic rings. The van der Waals surface area contributed by atoms with E-state index in [0.717, 1.165) is 42.1 Å². The zero-order valence-electron chi connectivity index (χ0n) is 14.7. The van der Waals surface area contributed by atoms with Crippen LogP contribution in [0.4, 0.5) is 0 Å². The van der Waals surface area contributed by atoms with Crippen LogP contribution in [0.2, 0.25) is 0 Å². The lowest BCUT2D eigenvalue weighted by Crippen LogP contribution is -2.30. The smallest absolute Gasteiger partial charge is 0.0972 e. The number of nitrogens with one attached hydrogen (secondary N) is 2. The number of hydrogen-bond donors (Lipinski definition) is 3. The molecule has 3 aromatic rings. The number of hydrogen-bond acceptors (Lipinski definition) is 4. The van der Waals surface area contributed by atoms with Crippen LogP contribution in [0, 0.1) is 5.92 Å². The summed E-state index contributed by atoms with van der Waals surface area (Å²) in [7, 11) is 0. The first-order chi connectivity index (χ1) is 12.8. The van der Waals surface area contributed by atoms with Gasteiger partial charge in [-0.3, -0.25) is 0 Å². The lowest BCUT2D eigenvalue weighted by Gasteiger charge is -2.14. The molecular weight excluding hydrogens is 324 g/mol. The molecule has 134 valence electrons. The average molecular weight is 348 g/mol. The number of rotatable bonds is 6. The van der Waals surface area contributed by atoms with Crippen molar-refractivity contribution in [2.45, 2.75) is 12.6 Å². The number of β-amino-alcohol motifs (C(OH)–C–C–N with tert-alkyl or cyclic N) is 1. The van der Waals surface area contributed by atoms with Gasteiger partial charge in [0.15, 0.2) is 0 Å². The van der Waals surface area contributed by atoms with E-state index in [9.17, 15) is 5.11 Å². The van der Waals surface area contributed by atoms with Crippen LogP contribution in [0.1, 0.15) is 5.56 Å². The first-order valence-corrected chi connectivity index (χ1v) is 9.10. The molecule has 5 nitrogen and oxygen atoms in total. The van der Waals surface area contributed by atoms with Crippen LogP contribution >= 0.6 is 0 Å². The van der Waals surface area contributed by atoms with Crippen molar-refractivity contribution in [3.05, 3.63) is 72.4 Å².